The van der Waals surface area contributed by atoms with E-state index in [1.54, 1.807) is 11.8 Å². The second-order valence-electron chi connectivity index (χ2n) is 3.91. The van der Waals surface area contributed by atoms with Crippen molar-refractivity contribution in [3.8, 4) is 0 Å². The van der Waals surface area contributed by atoms with Gasteiger partial charge >= 0.3 is 0 Å². The van der Waals surface area contributed by atoms with Crippen LogP contribution in [0.15, 0.2) is 35.2 Å². The fraction of sp³-hybridized carbons (Fsp3) is 0.462. The minimum atomic E-state index is 0. The molecule has 1 unspecified atom stereocenters. The van der Waals surface area contributed by atoms with Crippen molar-refractivity contribution in [2.75, 3.05) is 19.3 Å². The summed E-state index contributed by atoms with van der Waals surface area (Å²) in [5.41, 5.74) is 0. The number of nitrogens with one attached hydrogen (secondary N) is 2. The minimum Gasteiger partial charge on any atom is -0.355 e. The average Bonchev–Trinajstić information content (AvgIpc) is 2.37. The standard InChI is InChI=1S/C13H20N2OS.ClH/c1-11(14-2)10-15-13(16)8-9-17-12-6-4-3-5-7-12;/h3-7,11,14H,8-10H2,1-2H3,(H,15,16);1H. The number of hydrogen-bond acceptors (Lipinski definition) is 3. The van der Waals surface area contributed by atoms with Crippen molar-refractivity contribution < 1.29 is 4.79 Å². The van der Waals surface area contributed by atoms with Gasteiger partial charge in [-0.05, 0) is 26.1 Å². The lowest BCUT2D eigenvalue weighted by molar-refractivity contribution is -0.120. The zero-order valence-corrected chi connectivity index (χ0v) is 12.4. The van der Waals surface area contributed by atoms with Gasteiger partial charge in [-0.15, -0.1) is 24.2 Å². The van der Waals surface area contributed by atoms with E-state index < -0.39 is 0 Å². The Morgan fingerprint density at radius 3 is 2.61 bits per heavy atom. The zero-order chi connectivity index (χ0) is 12.5. The largest absolute Gasteiger partial charge is 0.355 e. The normalized spacial score (nSPS) is 11.4. The molecule has 0 fully saturated rings. The number of halogens is 1. The number of thioether (sulfide) groups is 1. The molecule has 1 aromatic carbocycles. The molecule has 0 saturated heterocycles. The lowest BCUT2D eigenvalue weighted by Crippen LogP contribution is -2.37. The van der Waals surface area contributed by atoms with Crippen LogP contribution in [0.5, 0.6) is 0 Å². The van der Waals surface area contributed by atoms with Gasteiger partial charge in [0.1, 0.15) is 0 Å². The molecule has 1 rings (SSSR count). The molecule has 2 N–H and O–H groups in total. The monoisotopic (exact) mass is 288 g/mol. The van der Waals surface area contributed by atoms with Crippen LogP contribution < -0.4 is 10.6 Å². The third-order valence-corrected chi connectivity index (χ3v) is 3.45. The van der Waals surface area contributed by atoms with Crippen molar-refractivity contribution in [3.63, 3.8) is 0 Å². The van der Waals surface area contributed by atoms with Crippen LogP contribution in [0.3, 0.4) is 0 Å². The Bertz CT molecular complexity index is 335. The maximum Gasteiger partial charge on any atom is 0.220 e. The molecule has 102 valence electrons. The number of carbonyl (C=O) groups excluding carboxylic acids is 1. The summed E-state index contributed by atoms with van der Waals surface area (Å²) >= 11 is 1.71. The molecule has 0 radical (unpaired) electrons. The summed E-state index contributed by atoms with van der Waals surface area (Å²) in [6.07, 6.45) is 0.565. The number of benzene rings is 1. The first kappa shape index (κ1) is 17.3. The Labute approximate surface area is 120 Å². The van der Waals surface area contributed by atoms with Crippen LogP contribution in [0.1, 0.15) is 13.3 Å². The molecule has 18 heavy (non-hydrogen) atoms. The van der Waals surface area contributed by atoms with Crippen LogP contribution >= 0.6 is 24.2 Å². The van der Waals surface area contributed by atoms with Gasteiger partial charge in [-0.25, -0.2) is 0 Å². The van der Waals surface area contributed by atoms with E-state index >= 15 is 0 Å². The molecule has 1 aromatic rings. The number of likely N-dealkylation sites (N-methyl/N-ethyl adjacent to an activating group) is 1. The number of hydrogen-bond donors (Lipinski definition) is 2. The Morgan fingerprint density at radius 2 is 2.00 bits per heavy atom. The van der Waals surface area contributed by atoms with E-state index in [1.807, 2.05) is 32.2 Å². The number of amides is 1. The fourth-order valence-electron chi connectivity index (χ4n) is 1.24. The van der Waals surface area contributed by atoms with Gasteiger partial charge in [-0.3, -0.25) is 4.79 Å². The van der Waals surface area contributed by atoms with Crippen LogP contribution in [0.4, 0.5) is 0 Å². The van der Waals surface area contributed by atoms with Gasteiger partial charge in [0, 0.05) is 29.7 Å². The smallest absolute Gasteiger partial charge is 0.220 e. The molecule has 0 aliphatic carbocycles. The third kappa shape index (κ3) is 7.58. The molecule has 1 amide bonds. The molecular weight excluding hydrogens is 268 g/mol. The van der Waals surface area contributed by atoms with E-state index in [4.69, 9.17) is 0 Å². The highest BCUT2D eigenvalue weighted by Gasteiger charge is 2.03. The summed E-state index contributed by atoms with van der Waals surface area (Å²) in [5, 5.41) is 5.99. The summed E-state index contributed by atoms with van der Waals surface area (Å²) in [6.45, 7) is 2.73. The Morgan fingerprint density at radius 1 is 1.33 bits per heavy atom. The lowest BCUT2D eigenvalue weighted by Gasteiger charge is -2.11. The Balaban J connectivity index is 0.00000289. The molecule has 0 spiro atoms. The van der Waals surface area contributed by atoms with Crippen molar-refractivity contribution >= 4 is 30.1 Å². The van der Waals surface area contributed by atoms with Crippen LogP contribution in [-0.2, 0) is 4.79 Å². The van der Waals surface area contributed by atoms with E-state index in [-0.39, 0.29) is 18.3 Å². The topological polar surface area (TPSA) is 41.1 Å². The quantitative estimate of drug-likeness (QED) is 0.757. The molecule has 0 saturated carbocycles. The van der Waals surface area contributed by atoms with Gasteiger partial charge in [0.25, 0.3) is 0 Å². The van der Waals surface area contributed by atoms with Crippen molar-refractivity contribution in [2.24, 2.45) is 0 Å². The molecule has 0 bridgehead atoms. The maximum atomic E-state index is 11.5. The van der Waals surface area contributed by atoms with Crippen molar-refractivity contribution in [1.82, 2.24) is 10.6 Å². The number of carbonyl (C=O) groups is 1. The predicted molar refractivity (Wildman–Crippen MR) is 80.6 cm³/mol. The predicted octanol–water partition coefficient (Wildman–Crippen LogP) is 2.31. The van der Waals surface area contributed by atoms with Gasteiger partial charge < -0.3 is 10.6 Å². The van der Waals surface area contributed by atoms with E-state index in [0.29, 0.717) is 19.0 Å². The summed E-state index contributed by atoms with van der Waals surface area (Å²) in [7, 11) is 1.89. The van der Waals surface area contributed by atoms with Gasteiger partial charge in [0.2, 0.25) is 5.91 Å². The highest BCUT2D eigenvalue weighted by molar-refractivity contribution is 7.99. The second-order valence-corrected chi connectivity index (χ2v) is 5.07. The SMILES string of the molecule is CNC(C)CNC(=O)CCSc1ccccc1.Cl. The summed E-state index contributed by atoms with van der Waals surface area (Å²) in [4.78, 5) is 12.7. The van der Waals surface area contributed by atoms with Crippen molar-refractivity contribution in [2.45, 2.75) is 24.3 Å². The third-order valence-electron chi connectivity index (χ3n) is 2.44. The van der Waals surface area contributed by atoms with Crippen molar-refractivity contribution in [3.05, 3.63) is 30.3 Å². The van der Waals surface area contributed by atoms with Crippen LogP contribution in [0.25, 0.3) is 0 Å². The van der Waals surface area contributed by atoms with E-state index in [2.05, 4.69) is 22.8 Å². The summed E-state index contributed by atoms with van der Waals surface area (Å²) in [6, 6.07) is 10.5. The first-order valence-electron chi connectivity index (χ1n) is 5.84. The molecule has 0 aliphatic heterocycles. The zero-order valence-electron chi connectivity index (χ0n) is 10.8. The molecule has 0 aliphatic rings. The number of rotatable bonds is 7. The van der Waals surface area contributed by atoms with E-state index in [1.165, 1.54) is 4.90 Å². The van der Waals surface area contributed by atoms with Crippen LogP contribution in [-0.4, -0.2) is 31.3 Å². The Hall–Kier alpha value is -0.710. The molecule has 3 nitrogen and oxygen atoms in total. The summed E-state index contributed by atoms with van der Waals surface area (Å²) in [5.74, 6) is 0.944. The Kier molecular flexibility index (Phi) is 9.83. The first-order valence-corrected chi connectivity index (χ1v) is 6.82. The highest BCUT2D eigenvalue weighted by Crippen LogP contribution is 2.17. The van der Waals surface area contributed by atoms with E-state index in [9.17, 15) is 4.79 Å². The van der Waals surface area contributed by atoms with E-state index in [0.717, 1.165) is 5.75 Å². The van der Waals surface area contributed by atoms with Gasteiger partial charge in [-0.1, -0.05) is 18.2 Å². The minimum absolute atomic E-state index is 0. The maximum absolute atomic E-state index is 11.5. The van der Waals surface area contributed by atoms with Crippen LogP contribution in [0.2, 0.25) is 0 Å². The molecule has 0 aromatic heterocycles. The molecule has 5 heteroatoms. The molecular formula is C13H21ClN2OS. The van der Waals surface area contributed by atoms with Gasteiger partial charge in [-0.2, -0.15) is 0 Å². The van der Waals surface area contributed by atoms with Crippen LogP contribution in [0, 0.1) is 0 Å². The van der Waals surface area contributed by atoms with Gasteiger partial charge in [0.05, 0.1) is 0 Å². The fourth-order valence-corrected chi connectivity index (χ4v) is 2.11. The van der Waals surface area contributed by atoms with Gasteiger partial charge in [0.15, 0.2) is 0 Å². The van der Waals surface area contributed by atoms with Crippen molar-refractivity contribution in [1.29, 1.82) is 0 Å². The summed E-state index contributed by atoms with van der Waals surface area (Å²) < 4.78 is 0. The molecule has 0 heterocycles. The first-order chi connectivity index (χ1) is 8.22. The second kappa shape index (κ2) is 10.2. The molecule has 1 atom stereocenters. The lowest BCUT2D eigenvalue weighted by atomic mass is 10.3. The highest BCUT2D eigenvalue weighted by atomic mass is 35.5. The average molecular weight is 289 g/mol.